The number of phenols is 2. The van der Waals surface area contributed by atoms with Gasteiger partial charge in [0.25, 0.3) is 0 Å². The predicted molar refractivity (Wildman–Crippen MR) is 57.9 cm³/mol. The van der Waals surface area contributed by atoms with Gasteiger partial charge in [0, 0.05) is 18.6 Å². The Labute approximate surface area is 92.9 Å². The monoisotopic (exact) mass is 223 g/mol. The molecule has 0 saturated carbocycles. The Kier molecular flexibility index (Phi) is 2.60. The molecule has 1 aliphatic rings. The second-order valence-corrected chi connectivity index (χ2v) is 3.71. The number of hydrogen-bond donors (Lipinski definition) is 2. The van der Waals surface area contributed by atoms with Crippen molar-refractivity contribution >= 4 is 5.71 Å². The van der Waals surface area contributed by atoms with Crippen molar-refractivity contribution in [3.8, 4) is 17.2 Å². The third-order valence-corrected chi connectivity index (χ3v) is 2.46. The molecule has 1 aromatic carbocycles. The fourth-order valence-electron chi connectivity index (χ4n) is 1.74. The number of oxime groups is 1. The van der Waals surface area contributed by atoms with Gasteiger partial charge in [-0.3, -0.25) is 0 Å². The van der Waals surface area contributed by atoms with Crippen LogP contribution in [0.5, 0.6) is 17.2 Å². The molecule has 16 heavy (non-hydrogen) atoms. The van der Waals surface area contributed by atoms with Crippen LogP contribution >= 0.6 is 0 Å². The van der Waals surface area contributed by atoms with Crippen LogP contribution in [-0.2, 0) is 4.84 Å². The summed E-state index contributed by atoms with van der Waals surface area (Å²) in [5.41, 5.74) is 1.38. The first-order valence-corrected chi connectivity index (χ1v) is 4.91. The fraction of sp³-hybridized carbons (Fsp3) is 0.364. The van der Waals surface area contributed by atoms with Gasteiger partial charge in [-0.2, -0.15) is 0 Å². The van der Waals surface area contributed by atoms with Crippen LogP contribution in [0.1, 0.15) is 25.0 Å². The SMILES string of the molecule is COc1cc(O)cc(O)c1C1CC(C)=NO1. The van der Waals surface area contributed by atoms with Crippen molar-refractivity contribution in [3.63, 3.8) is 0 Å². The number of aromatic hydroxyl groups is 2. The van der Waals surface area contributed by atoms with Crippen LogP contribution < -0.4 is 4.74 Å². The number of ether oxygens (including phenoxy) is 1. The zero-order valence-electron chi connectivity index (χ0n) is 9.10. The van der Waals surface area contributed by atoms with Crippen LogP contribution in [0.3, 0.4) is 0 Å². The molecule has 0 spiro atoms. The summed E-state index contributed by atoms with van der Waals surface area (Å²) >= 11 is 0. The van der Waals surface area contributed by atoms with Gasteiger partial charge in [-0.1, -0.05) is 5.16 Å². The van der Waals surface area contributed by atoms with Gasteiger partial charge in [0.2, 0.25) is 0 Å². The molecule has 1 heterocycles. The highest BCUT2D eigenvalue weighted by Gasteiger charge is 2.27. The minimum atomic E-state index is -0.351. The summed E-state index contributed by atoms with van der Waals surface area (Å²) in [6.45, 7) is 1.85. The Morgan fingerprint density at radius 2 is 2.19 bits per heavy atom. The highest BCUT2D eigenvalue weighted by molar-refractivity contribution is 5.83. The number of rotatable bonds is 2. The van der Waals surface area contributed by atoms with Crippen molar-refractivity contribution < 1.29 is 19.8 Å². The van der Waals surface area contributed by atoms with Gasteiger partial charge >= 0.3 is 0 Å². The highest BCUT2D eigenvalue weighted by Crippen LogP contribution is 2.41. The number of nitrogens with zero attached hydrogens (tertiary/aromatic N) is 1. The van der Waals surface area contributed by atoms with Crippen molar-refractivity contribution in [2.45, 2.75) is 19.4 Å². The van der Waals surface area contributed by atoms with Crippen molar-refractivity contribution in [3.05, 3.63) is 17.7 Å². The fourth-order valence-corrected chi connectivity index (χ4v) is 1.74. The number of benzene rings is 1. The lowest BCUT2D eigenvalue weighted by atomic mass is 10.0. The smallest absolute Gasteiger partial charge is 0.165 e. The van der Waals surface area contributed by atoms with E-state index >= 15 is 0 Å². The Morgan fingerprint density at radius 1 is 1.44 bits per heavy atom. The first-order valence-electron chi connectivity index (χ1n) is 4.91. The van der Waals surface area contributed by atoms with Crippen LogP contribution in [0.15, 0.2) is 17.3 Å². The van der Waals surface area contributed by atoms with E-state index in [2.05, 4.69) is 5.16 Å². The normalized spacial score (nSPS) is 19.1. The molecule has 0 radical (unpaired) electrons. The lowest BCUT2D eigenvalue weighted by Gasteiger charge is -2.15. The van der Waals surface area contributed by atoms with E-state index in [4.69, 9.17) is 9.57 Å². The van der Waals surface area contributed by atoms with Crippen LogP contribution in [-0.4, -0.2) is 23.0 Å². The predicted octanol–water partition coefficient (Wildman–Crippen LogP) is 1.94. The molecule has 1 atom stereocenters. The zero-order valence-corrected chi connectivity index (χ0v) is 9.10. The summed E-state index contributed by atoms with van der Waals surface area (Å²) in [6.07, 6.45) is 0.255. The maximum absolute atomic E-state index is 9.78. The topological polar surface area (TPSA) is 71.3 Å². The van der Waals surface area contributed by atoms with Gasteiger partial charge in [-0.15, -0.1) is 0 Å². The molecular formula is C11H13NO4. The van der Waals surface area contributed by atoms with Crippen molar-refractivity contribution in [1.82, 2.24) is 0 Å². The number of phenolic OH excluding ortho intramolecular Hbond substituents is 2. The molecular weight excluding hydrogens is 210 g/mol. The summed E-state index contributed by atoms with van der Waals surface area (Å²) in [5.74, 6) is 0.299. The molecule has 1 unspecified atom stereocenters. The number of methoxy groups -OCH3 is 1. The quantitative estimate of drug-likeness (QED) is 0.803. The van der Waals surface area contributed by atoms with Crippen molar-refractivity contribution in [2.75, 3.05) is 7.11 Å². The lowest BCUT2D eigenvalue weighted by molar-refractivity contribution is 0.0816. The molecule has 86 valence electrons. The third kappa shape index (κ3) is 1.76. The van der Waals surface area contributed by atoms with E-state index in [-0.39, 0.29) is 17.6 Å². The van der Waals surface area contributed by atoms with Gasteiger partial charge in [0.15, 0.2) is 6.10 Å². The van der Waals surface area contributed by atoms with Gasteiger partial charge in [0.1, 0.15) is 17.2 Å². The Balaban J connectivity index is 2.40. The standard InChI is InChI=1S/C11H13NO4/c1-6-3-10(16-12-6)11-8(14)4-7(13)5-9(11)15-2/h4-5,10,13-14H,3H2,1-2H3. The van der Waals surface area contributed by atoms with Gasteiger partial charge in [-0.25, -0.2) is 0 Å². The maximum Gasteiger partial charge on any atom is 0.165 e. The minimum absolute atomic E-state index is 0.0475. The third-order valence-electron chi connectivity index (χ3n) is 2.46. The van der Waals surface area contributed by atoms with E-state index in [1.54, 1.807) is 0 Å². The molecule has 0 aromatic heterocycles. The van der Waals surface area contributed by atoms with Gasteiger partial charge < -0.3 is 19.8 Å². The van der Waals surface area contributed by atoms with Crippen molar-refractivity contribution in [1.29, 1.82) is 0 Å². The van der Waals surface area contributed by atoms with E-state index < -0.39 is 0 Å². The van der Waals surface area contributed by atoms with Crippen LogP contribution in [0.4, 0.5) is 0 Å². The van der Waals surface area contributed by atoms with Crippen molar-refractivity contribution in [2.24, 2.45) is 5.16 Å². The summed E-state index contributed by atoms with van der Waals surface area (Å²) in [4.78, 5) is 5.18. The molecule has 0 fully saturated rings. The van der Waals surface area contributed by atoms with Crippen LogP contribution in [0, 0.1) is 0 Å². The minimum Gasteiger partial charge on any atom is -0.508 e. The molecule has 1 aliphatic heterocycles. The summed E-state index contributed by atoms with van der Waals surface area (Å²) in [7, 11) is 1.47. The van der Waals surface area contributed by atoms with Crippen LogP contribution in [0.25, 0.3) is 0 Å². The lowest BCUT2D eigenvalue weighted by Crippen LogP contribution is -2.01. The second-order valence-electron chi connectivity index (χ2n) is 3.71. The Bertz CT molecular complexity index is 442. The van der Waals surface area contributed by atoms with E-state index in [0.29, 0.717) is 17.7 Å². The molecule has 2 rings (SSSR count). The second kappa shape index (κ2) is 3.92. The van der Waals surface area contributed by atoms with E-state index in [0.717, 1.165) is 5.71 Å². The molecule has 0 aliphatic carbocycles. The van der Waals surface area contributed by atoms with E-state index in [1.807, 2.05) is 6.92 Å². The summed E-state index contributed by atoms with van der Waals surface area (Å²) in [6, 6.07) is 2.70. The average molecular weight is 223 g/mol. The summed E-state index contributed by atoms with van der Waals surface area (Å²) < 4.78 is 5.10. The number of hydrogen-bond acceptors (Lipinski definition) is 5. The molecule has 0 amide bonds. The molecule has 0 saturated heterocycles. The largest absolute Gasteiger partial charge is 0.508 e. The Hall–Kier alpha value is -1.91. The zero-order chi connectivity index (χ0) is 11.7. The van der Waals surface area contributed by atoms with Crippen LogP contribution in [0.2, 0.25) is 0 Å². The molecule has 1 aromatic rings. The molecule has 2 N–H and O–H groups in total. The Morgan fingerprint density at radius 3 is 2.75 bits per heavy atom. The van der Waals surface area contributed by atoms with E-state index in [9.17, 15) is 10.2 Å². The molecule has 5 heteroatoms. The molecule has 0 bridgehead atoms. The average Bonchev–Trinajstić information content (AvgIpc) is 2.63. The van der Waals surface area contributed by atoms with Gasteiger partial charge in [0.05, 0.1) is 18.4 Å². The highest BCUT2D eigenvalue weighted by atomic mass is 16.6. The maximum atomic E-state index is 9.78. The first-order chi connectivity index (χ1) is 7.61. The molecule has 5 nitrogen and oxygen atoms in total. The first kappa shape index (κ1) is 10.6. The van der Waals surface area contributed by atoms with Gasteiger partial charge in [-0.05, 0) is 6.92 Å². The van der Waals surface area contributed by atoms with E-state index in [1.165, 1.54) is 19.2 Å². The summed E-state index contributed by atoms with van der Waals surface area (Å²) in [5, 5.41) is 22.9.